The van der Waals surface area contributed by atoms with E-state index in [0.717, 1.165) is 12.2 Å². The maximum absolute atomic E-state index is 13.5. The number of carbonyl (C=O) groups excluding carboxylic acids is 2. The first-order valence-electron chi connectivity index (χ1n) is 18.2. The van der Waals surface area contributed by atoms with E-state index in [1.165, 1.54) is 109 Å². The number of nitrogens with one attached hydrogen (secondary N) is 4. The quantitative estimate of drug-likeness (QED) is 0.0543. The molecule has 6 aromatic carbocycles. The summed E-state index contributed by atoms with van der Waals surface area (Å²) < 4.78 is 135. The van der Waals surface area contributed by atoms with Crippen LogP contribution >= 0.6 is 0 Å². The lowest BCUT2D eigenvalue weighted by molar-refractivity contribution is 0.105. The molecule has 2 aliphatic rings. The second-order valence-electron chi connectivity index (χ2n) is 14.1. The number of Topliss-reactive ketones (excluding diaryl/α,β-unsaturated/α-hetero) is 2. The SMILES string of the molecule is O=C1/C(=N/Nc2ccc3cc(S(=O)(=O)O)ccc3c2)C(S(=O)(=O)O)=Cc2cc(NONc3ccc4c(c3)C=C(S(=O)(=O)O)/C(=N\Nc3ccc5cc(S(=O)(=O)O)ccc5c3)C4=O)ccc21. The summed E-state index contributed by atoms with van der Waals surface area (Å²) in [7, 11) is -18.9. The molecule has 0 spiro atoms. The number of carbonyl (C=O) groups is 2. The highest BCUT2D eigenvalue weighted by atomic mass is 32.2. The molecule has 0 heterocycles. The molecule has 8 rings (SSSR count). The average molecular weight is 961 g/mol. The number of hydrogen-bond acceptors (Lipinski definition) is 17. The van der Waals surface area contributed by atoms with Crippen LogP contribution in [0.5, 0.6) is 0 Å². The number of fused-ring (bicyclic) bond motifs is 4. The van der Waals surface area contributed by atoms with E-state index in [1.807, 2.05) is 0 Å². The molecular weight excluding hydrogens is 933 g/mol. The van der Waals surface area contributed by atoms with Gasteiger partial charge in [0.1, 0.15) is 9.81 Å². The van der Waals surface area contributed by atoms with E-state index in [4.69, 9.17) is 4.94 Å². The van der Waals surface area contributed by atoms with Crippen LogP contribution in [-0.2, 0) is 45.4 Å². The fourth-order valence-electron chi connectivity index (χ4n) is 6.70. The molecule has 21 nitrogen and oxygen atoms in total. The molecule has 0 radical (unpaired) electrons. The zero-order valence-corrected chi connectivity index (χ0v) is 35.6. The lowest BCUT2D eigenvalue weighted by Gasteiger charge is -2.18. The van der Waals surface area contributed by atoms with Crippen LogP contribution in [0.1, 0.15) is 31.8 Å². The molecular formula is C40H28N6O15S4. The van der Waals surface area contributed by atoms with Crippen molar-refractivity contribution in [1.29, 1.82) is 0 Å². The summed E-state index contributed by atoms with van der Waals surface area (Å²) in [4.78, 5) is 30.1. The Morgan fingerprint density at radius 1 is 0.415 bits per heavy atom. The molecule has 0 aliphatic heterocycles. The highest BCUT2D eigenvalue weighted by Crippen LogP contribution is 2.31. The summed E-state index contributed by atoms with van der Waals surface area (Å²) in [6.45, 7) is 0. The lowest BCUT2D eigenvalue weighted by atomic mass is 9.94. The van der Waals surface area contributed by atoms with E-state index >= 15 is 0 Å². The molecule has 0 aromatic heterocycles. The minimum absolute atomic E-state index is 0.000678. The molecule has 0 fully saturated rings. The highest BCUT2D eigenvalue weighted by Gasteiger charge is 2.34. The van der Waals surface area contributed by atoms with Gasteiger partial charge in [0.2, 0.25) is 11.6 Å². The second-order valence-corrected chi connectivity index (χ2v) is 19.7. The van der Waals surface area contributed by atoms with E-state index in [9.17, 15) is 61.5 Å². The van der Waals surface area contributed by atoms with E-state index in [-0.39, 0.29) is 54.8 Å². The minimum atomic E-state index is -5.02. The normalized spacial score (nSPS) is 15.6. The van der Waals surface area contributed by atoms with Crippen LogP contribution < -0.4 is 21.8 Å². The predicted molar refractivity (Wildman–Crippen MR) is 239 cm³/mol. The van der Waals surface area contributed by atoms with Gasteiger partial charge >= 0.3 is 0 Å². The summed E-state index contributed by atoms with van der Waals surface area (Å²) in [6, 6.07) is 24.7. The van der Waals surface area contributed by atoms with E-state index in [1.54, 1.807) is 0 Å². The van der Waals surface area contributed by atoms with E-state index in [0.29, 0.717) is 21.5 Å². The van der Waals surface area contributed by atoms with Crippen molar-refractivity contribution in [2.75, 3.05) is 21.8 Å². The Kier molecular flexibility index (Phi) is 11.2. The first-order valence-corrected chi connectivity index (χ1v) is 23.9. The van der Waals surface area contributed by atoms with Crippen molar-refractivity contribution in [3.05, 3.63) is 141 Å². The minimum Gasteiger partial charge on any atom is -0.287 e. The number of benzene rings is 6. The van der Waals surface area contributed by atoms with Gasteiger partial charge in [0, 0.05) is 11.1 Å². The summed E-state index contributed by atoms with van der Waals surface area (Å²) in [6.07, 6.45) is 2.03. The maximum Gasteiger partial charge on any atom is 0.296 e. The molecule has 65 heavy (non-hydrogen) atoms. The molecule has 0 unspecified atom stereocenters. The summed E-state index contributed by atoms with van der Waals surface area (Å²) in [5, 5.41) is 9.83. The van der Waals surface area contributed by atoms with Gasteiger partial charge in [-0.1, -0.05) is 24.3 Å². The number of hydrogen-bond donors (Lipinski definition) is 8. The Morgan fingerprint density at radius 2 is 0.769 bits per heavy atom. The van der Waals surface area contributed by atoms with Crippen LogP contribution in [0.4, 0.5) is 22.7 Å². The van der Waals surface area contributed by atoms with Gasteiger partial charge < -0.3 is 0 Å². The molecule has 0 saturated carbocycles. The zero-order chi connectivity index (χ0) is 46.6. The van der Waals surface area contributed by atoms with Gasteiger partial charge in [0.25, 0.3) is 40.5 Å². The topological polar surface area (TPSA) is 334 Å². The number of ketones is 2. The van der Waals surface area contributed by atoms with Gasteiger partial charge in [-0.2, -0.15) is 48.8 Å². The summed E-state index contributed by atoms with van der Waals surface area (Å²) >= 11 is 0. The zero-order valence-electron chi connectivity index (χ0n) is 32.4. The largest absolute Gasteiger partial charge is 0.296 e. The third-order valence-corrected chi connectivity index (χ3v) is 13.2. The first-order chi connectivity index (χ1) is 30.5. The number of allylic oxidation sites excluding steroid dienone is 2. The van der Waals surface area contributed by atoms with Crippen LogP contribution in [0.3, 0.4) is 0 Å². The van der Waals surface area contributed by atoms with E-state index < -0.39 is 73.3 Å². The third kappa shape index (κ3) is 9.39. The molecule has 0 atom stereocenters. The summed E-state index contributed by atoms with van der Waals surface area (Å²) in [5.41, 5.74) is 9.91. The number of rotatable bonds is 12. The Bertz CT molecular complexity index is 3440. The van der Waals surface area contributed by atoms with Crippen LogP contribution in [0, 0.1) is 0 Å². The van der Waals surface area contributed by atoms with Gasteiger partial charge in [-0.05, 0) is 130 Å². The lowest BCUT2D eigenvalue weighted by Crippen LogP contribution is -2.27. The van der Waals surface area contributed by atoms with Gasteiger partial charge in [-0.3, -0.25) is 38.7 Å². The van der Waals surface area contributed by atoms with Crippen molar-refractivity contribution in [3.63, 3.8) is 0 Å². The van der Waals surface area contributed by atoms with Crippen molar-refractivity contribution in [2.45, 2.75) is 9.79 Å². The standard InChI is InChI=1S/C40H28N6O15S4/c47-39-33-11-7-29(15-25(33)19-35(64(55,56)57)37(39)43-41-27-5-1-23-17-31(62(49,50)51)9-3-21(23)13-27)45-61-46-30-8-12-34-26(16-30)20-36(65(58,59)60)38(40(34)48)44-42-28-6-2-24-18-32(63(52,53)54)10-4-22(24)14-28/h1-20,41-42,45-46H,(H,49,50,51)(H,52,53,54)(H,55,56,57)(H,58,59,60)/b43-37+,44-38+. The number of nitrogens with zero attached hydrogens (tertiary/aromatic N) is 2. The molecule has 0 bridgehead atoms. The Balaban J connectivity index is 0.968. The molecule has 6 aromatic rings. The van der Waals surface area contributed by atoms with Crippen molar-refractivity contribution in [2.24, 2.45) is 10.2 Å². The Morgan fingerprint density at radius 3 is 1.14 bits per heavy atom. The Labute approximate surface area is 367 Å². The van der Waals surface area contributed by atoms with Crippen molar-refractivity contribution in [3.8, 4) is 0 Å². The van der Waals surface area contributed by atoms with Crippen LogP contribution in [-0.4, -0.2) is 74.9 Å². The van der Waals surface area contributed by atoms with Crippen LogP contribution in [0.2, 0.25) is 0 Å². The monoisotopic (exact) mass is 960 g/mol. The molecule has 25 heteroatoms. The Hall–Kier alpha value is -7.20. The van der Waals surface area contributed by atoms with Crippen molar-refractivity contribution >= 4 is 120 Å². The molecule has 0 amide bonds. The molecule has 0 saturated heterocycles. The van der Waals surface area contributed by atoms with Gasteiger partial charge in [-0.25, -0.2) is 11.0 Å². The van der Waals surface area contributed by atoms with Gasteiger partial charge in [-0.15, -0.1) is 0 Å². The van der Waals surface area contributed by atoms with Gasteiger partial charge in [0.05, 0.1) is 32.5 Å². The fraction of sp³-hybridized carbons (Fsp3) is 0. The maximum atomic E-state index is 13.5. The number of anilines is 4. The molecule has 8 N–H and O–H groups in total. The molecule has 2 aliphatic carbocycles. The average Bonchev–Trinajstić information content (AvgIpc) is 3.23. The highest BCUT2D eigenvalue weighted by molar-refractivity contribution is 7.91. The van der Waals surface area contributed by atoms with Gasteiger partial charge in [0.15, 0.2) is 11.4 Å². The van der Waals surface area contributed by atoms with Crippen LogP contribution in [0.25, 0.3) is 33.7 Å². The predicted octanol–water partition coefficient (Wildman–Crippen LogP) is 5.64. The van der Waals surface area contributed by atoms with Crippen LogP contribution in [0.15, 0.2) is 139 Å². The molecule has 332 valence electrons. The summed E-state index contributed by atoms with van der Waals surface area (Å²) in [5.74, 6) is -1.74. The van der Waals surface area contributed by atoms with E-state index in [2.05, 4.69) is 32.0 Å². The smallest absolute Gasteiger partial charge is 0.287 e. The first kappa shape index (κ1) is 44.4. The third-order valence-electron chi connectivity index (χ3n) is 9.77. The van der Waals surface area contributed by atoms with Crippen molar-refractivity contribution < 1.29 is 66.4 Å². The second kappa shape index (κ2) is 16.4. The fourth-order valence-corrected chi connectivity index (χ4v) is 9.05. The number of hydrazone groups is 2. The van der Waals surface area contributed by atoms with Crippen molar-refractivity contribution in [1.82, 2.24) is 0 Å².